The summed E-state index contributed by atoms with van der Waals surface area (Å²) in [4.78, 5) is 8.43. The summed E-state index contributed by atoms with van der Waals surface area (Å²) in [5.41, 5.74) is 0.553. The van der Waals surface area contributed by atoms with E-state index in [-0.39, 0.29) is 22.3 Å². The third-order valence-electron chi connectivity index (χ3n) is 3.34. The summed E-state index contributed by atoms with van der Waals surface area (Å²) in [5, 5.41) is 0.209. The SMILES string of the molecule is Cc1c(Cl)nc(C2CC2)nc1-c1ccc(F)c(F)c1F. The first kappa shape index (κ1) is 13.4. The molecule has 0 aliphatic heterocycles. The van der Waals surface area contributed by atoms with Gasteiger partial charge in [-0.3, -0.25) is 0 Å². The topological polar surface area (TPSA) is 25.8 Å². The van der Waals surface area contributed by atoms with Gasteiger partial charge in [0.1, 0.15) is 11.0 Å². The van der Waals surface area contributed by atoms with Crippen LogP contribution >= 0.6 is 11.6 Å². The maximum Gasteiger partial charge on any atom is 0.195 e. The largest absolute Gasteiger partial charge is 0.232 e. The molecule has 3 rings (SSSR count). The van der Waals surface area contributed by atoms with E-state index >= 15 is 0 Å². The molecule has 1 fully saturated rings. The molecule has 0 bridgehead atoms. The fraction of sp³-hybridized carbons (Fsp3) is 0.286. The quantitative estimate of drug-likeness (QED) is 0.606. The molecule has 0 radical (unpaired) electrons. The normalized spacial score (nSPS) is 14.7. The van der Waals surface area contributed by atoms with Crippen molar-refractivity contribution in [2.24, 2.45) is 0 Å². The third kappa shape index (κ3) is 2.16. The second-order valence-corrected chi connectivity index (χ2v) is 5.20. The molecule has 0 atom stereocenters. The smallest absolute Gasteiger partial charge is 0.195 e. The van der Waals surface area contributed by atoms with Crippen LogP contribution in [0.15, 0.2) is 12.1 Å². The molecule has 0 amide bonds. The lowest BCUT2D eigenvalue weighted by Gasteiger charge is -2.10. The van der Waals surface area contributed by atoms with Crippen molar-refractivity contribution in [1.82, 2.24) is 9.97 Å². The average molecular weight is 299 g/mol. The molecule has 1 aromatic carbocycles. The molecule has 1 aliphatic carbocycles. The number of nitrogens with zero attached hydrogens (tertiary/aromatic N) is 2. The minimum Gasteiger partial charge on any atom is -0.232 e. The van der Waals surface area contributed by atoms with Crippen molar-refractivity contribution in [2.45, 2.75) is 25.7 Å². The molecule has 0 spiro atoms. The highest BCUT2D eigenvalue weighted by atomic mass is 35.5. The van der Waals surface area contributed by atoms with E-state index < -0.39 is 17.5 Å². The first-order chi connectivity index (χ1) is 9.49. The molecule has 1 aliphatic rings. The van der Waals surface area contributed by atoms with Crippen LogP contribution in [-0.4, -0.2) is 9.97 Å². The van der Waals surface area contributed by atoms with Crippen molar-refractivity contribution in [3.63, 3.8) is 0 Å². The summed E-state index contributed by atoms with van der Waals surface area (Å²) in [5.74, 6) is -3.25. The predicted octanol–water partition coefficient (Wildman–Crippen LogP) is 4.40. The van der Waals surface area contributed by atoms with Crippen LogP contribution in [0.5, 0.6) is 0 Å². The summed E-state index contributed by atoms with van der Waals surface area (Å²) >= 11 is 6.02. The fourth-order valence-corrected chi connectivity index (χ4v) is 2.18. The van der Waals surface area contributed by atoms with Crippen molar-refractivity contribution in [3.8, 4) is 11.3 Å². The van der Waals surface area contributed by atoms with Crippen LogP contribution in [0.2, 0.25) is 5.15 Å². The highest BCUT2D eigenvalue weighted by Crippen LogP contribution is 2.40. The van der Waals surface area contributed by atoms with E-state index in [1.54, 1.807) is 6.92 Å². The van der Waals surface area contributed by atoms with Crippen LogP contribution in [0.25, 0.3) is 11.3 Å². The zero-order valence-electron chi connectivity index (χ0n) is 10.6. The van der Waals surface area contributed by atoms with Crippen LogP contribution in [-0.2, 0) is 0 Å². The van der Waals surface area contributed by atoms with Gasteiger partial charge in [0.05, 0.1) is 5.69 Å². The van der Waals surface area contributed by atoms with Gasteiger partial charge in [-0.15, -0.1) is 0 Å². The Bertz CT molecular complexity index is 699. The van der Waals surface area contributed by atoms with Gasteiger partial charge in [-0.2, -0.15) is 0 Å². The lowest BCUT2D eigenvalue weighted by molar-refractivity contribution is 0.448. The Labute approximate surface area is 118 Å². The molecule has 104 valence electrons. The number of hydrogen-bond donors (Lipinski definition) is 0. The highest BCUT2D eigenvalue weighted by molar-refractivity contribution is 6.30. The molecule has 1 saturated carbocycles. The van der Waals surface area contributed by atoms with Gasteiger partial charge in [-0.25, -0.2) is 23.1 Å². The molecule has 6 heteroatoms. The zero-order chi connectivity index (χ0) is 14.4. The van der Waals surface area contributed by atoms with Gasteiger partial charge in [0, 0.05) is 17.0 Å². The number of aromatic nitrogens is 2. The van der Waals surface area contributed by atoms with Crippen molar-refractivity contribution in [3.05, 3.63) is 46.1 Å². The molecule has 1 heterocycles. The summed E-state index contributed by atoms with van der Waals surface area (Å²) < 4.78 is 40.2. The second kappa shape index (κ2) is 4.74. The standard InChI is InChI=1S/C14H10ClF3N2/c1-6-12(8-4-5-9(16)11(18)10(8)17)19-14(7-2-3-7)20-13(6)15/h4-5,7H,2-3H2,1H3. The Kier molecular flexibility index (Phi) is 3.17. The maximum atomic E-state index is 13.9. The Morgan fingerprint density at radius 1 is 1.10 bits per heavy atom. The highest BCUT2D eigenvalue weighted by Gasteiger charge is 2.29. The monoisotopic (exact) mass is 298 g/mol. The van der Waals surface area contributed by atoms with Gasteiger partial charge in [-0.05, 0) is 31.9 Å². The molecular weight excluding hydrogens is 289 g/mol. The molecule has 0 N–H and O–H groups in total. The number of rotatable bonds is 2. The van der Waals surface area contributed by atoms with E-state index in [0.29, 0.717) is 11.4 Å². The maximum absolute atomic E-state index is 13.9. The van der Waals surface area contributed by atoms with Gasteiger partial charge < -0.3 is 0 Å². The Morgan fingerprint density at radius 3 is 2.45 bits per heavy atom. The lowest BCUT2D eigenvalue weighted by Crippen LogP contribution is -2.02. The summed E-state index contributed by atoms with van der Waals surface area (Å²) in [6.07, 6.45) is 1.91. The predicted molar refractivity (Wildman–Crippen MR) is 69.1 cm³/mol. The molecular formula is C14H10ClF3N2. The van der Waals surface area contributed by atoms with Gasteiger partial charge in [-0.1, -0.05) is 11.6 Å². The van der Waals surface area contributed by atoms with Crippen molar-refractivity contribution in [1.29, 1.82) is 0 Å². The molecule has 2 nitrogen and oxygen atoms in total. The van der Waals surface area contributed by atoms with Crippen LogP contribution < -0.4 is 0 Å². The molecule has 20 heavy (non-hydrogen) atoms. The van der Waals surface area contributed by atoms with Crippen LogP contribution in [0.4, 0.5) is 13.2 Å². The Morgan fingerprint density at radius 2 is 1.80 bits per heavy atom. The zero-order valence-corrected chi connectivity index (χ0v) is 11.3. The van der Waals surface area contributed by atoms with Gasteiger partial charge in [0.15, 0.2) is 17.5 Å². The minimum absolute atomic E-state index is 0.104. The molecule has 2 aromatic rings. The van der Waals surface area contributed by atoms with Crippen LogP contribution in [0.1, 0.15) is 30.1 Å². The third-order valence-corrected chi connectivity index (χ3v) is 3.70. The van der Waals surface area contributed by atoms with Crippen molar-refractivity contribution >= 4 is 11.6 Å². The molecule has 0 unspecified atom stereocenters. The minimum atomic E-state index is -1.51. The first-order valence-corrected chi connectivity index (χ1v) is 6.54. The number of halogens is 4. The van der Waals surface area contributed by atoms with Crippen molar-refractivity contribution in [2.75, 3.05) is 0 Å². The van der Waals surface area contributed by atoms with E-state index in [4.69, 9.17) is 11.6 Å². The van der Waals surface area contributed by atoms with E-state index in [1.165, 1.54) is 0 Å². The van der Waals surface area contributed by atoms with Crippen LogP contribution in [0, 0.1) is 24.4 Å². The first-order valence-electron chi connectivity index (χ1n) is 6.17. The Hall–Kier alpha value is -1.62. The number of benzene rings is 1. The van der Waals surface area contributed by atoms with Gasteiger partial charge in [0.25, 0.3) is 0 Å². The van der Waals surface area contributed by atoms with Crippen LogP contribution in [0.3, 0.4) is 0 Å². The van der Waals surface area contributed by atoms with E-state index in [0.717, 1.165) is 25.0 Å². The van der Waals surface area contributed by atoms with E-state index in [1.807, 2.05) is 0 Å². The van der Waals surface area contributed by atoms with Gasteiger partial charge >= 0.3 is 0 Å². The molecule has 0 saturated heterocycles. The fourth-order valence-electron chi connectivity index (χ4n) is 2.00. The number of hydrogen-bond acceptors (Lipinski definition) is 2. The summed E-state index contributed by atoms with van der Waals surface area (Å²) in [6, 6.07) is 2.04. The van der Waals surface area contributed by atoms with Crippen molar-refractivity contribution < 1.29 is 13.2 Å². The van der Waals surface area contributed by atoms with E-state index in [2.05, 4.69) is 9.97 Å². The lowest BCUT2D eigenvalue weighted by atomic mass is 10.1. The second-order valence-electron chi connectivity index (χ2n) is 4.84. The average Bonchev–Trinajstić information content (AvgIpc) is 3.24. The molecule has 1 aromatic heterocycles. The Balaban J connectivity index is 2.21. The summed E-state index contributed by atoms with van der Waals surface area (Å²) in [7, 11) is 0. The van der Waals surface area contributed by atoms with E-state index in [9.17, 15) is 13.2 Å². The van der Waals surface area contributed by atoms with Gasteiger partial charge in [0.2, 0.25) is 0 Å². The summed E-state index contributed by atoms with van der Waals surface area (Å²) in [6.45, 7) is 1.62.